The maximum Gasteiger partial charge on any atom is 0.251 e. The minimum atomic E-state index is -1.23. The highest BCUT2D eigenvalue weighted by Crippen LogP contribution is 2.32. The number of halogens is 2. The summed E-state index contributed by atoms with van der Waals surface area (Å²) in [6.07, 6.45) is 1.39. The molecule has 12 heteroatoms. The highest BCUT2D eigenvalue weighted by atomic mass is 35.5. The summed E-state index contributed by atoms with van der Waals surface area (Å²) in [7, 11) is 0. The van der Waals surface area contributed by atoms with Crippen molar-refractivity contribution in [2.24, 2.45) is 0 Å². The fourth-order valence-electron chi connectivity index (χ4n) is 3.49. The molecule has 188 valence electrons. The van der Waals surface area contributed by atoms with E-state index in [-0.39, 0.29) is 28.8 Å². The summed E-state index contributed by atoms with van der Waals surface area (Å²) in [5.41, 5.74) is -0.431. The Morgan fingerprint density at radius 1 is 1.22 bits per heavy atom. The third-order valence-electron chi connectivity index (χ3n) is 4.96. The van der Waals surface area contributed by atoms with Crippen LogP contribution in [-0.2, 0) is 16.1 Å². The van der Waals surface area contributed by atoms with Gasteiger partial charge in [0.05, 0.1) is 11.3 Å². The number of furan rings is 2. The Kier molecular flexibility index (Phi) is 6.93. The Labute approximate surface area is 211 Å². The van der Waals surface area contributed by atoms with Gasteiger partial charge in [0, 0.05) is 11.2 Å². The van der Waals surface area contributed by atoms with Crippen LogP contribution in [-0.4, -0.2) is 37.6 Å². The molecule has 3 aromatic heterocycles. The molecule has 3 heterocycles. The van der Waals surface area contributed by atoms with E-state index < -0.39 is 29.2 Å². The molecule has 0 aliphatic heterocycles. The molecule has 4 aromatic rings. The zero-order valence-electron chi connectivity index (χ0n) is 20.0. The number of rotatable bonds is 7. The largest absolute Gasteiger partial charge is 0.467 e. The summed E-state index contributed by atoms with van der Waals surface area (Å²) in [6, 6.07) is 9.12. The molecular formula is C24H24ClFN6O4. The molecule has 0 spiro atoms. The van der Waals surface area contributed by atoms with Gasteiger partial charge in [-0.3, -0.25) is 14.5 Å². The van der Waals surface area contributed by atoms with Crippen molar-refractivity contribution in [1.29, 1.82) is 0 Å². The van der Waals surface area contributed by atoms with E-state index >= 15 is 0 Å². The number of anilines is 1. The van der Waals surface area contributed by atoms with Crippen molar-refractivity contribution in [3.63, 3.8) is 0 Å². The van der Waals surface area contributed by atoms with Crippen LogP contribution in [0.1, 0.15) is 38.3 Å². The second-order valence-corrected chi connectivity index (χ2v) is 9.48. The Balaban J connectivity index is 1.73. The summed E-state index contributed by atoms with van der Waals surface area (Å²) in [4.78, 5) is 29.4. The lowest BCUT2D eigenvalue weighted by molar-refractivity contribution is -0.128. The third-order valence-corrected chi connectivity index (χ3v) is 5.25. The first-order chi connectivity index (χ1) is 17.0. The van der Waals surface area contributed by atoms with Gasteiger partial charge < -0.3 is 14.2 Å². The molecule has 36 heavy (non-hydrogen) atoms. The molecule has 0 aliphatic carbocycles. The zero-order chi connectivity index (χ0) is 26.0. The predicted molar refractivity (Wildman–Crippen MR) is 128 cm³/mol. The summed E-state index contributed by atoms with van der Waals surface area (Å²) in [5.74, 6) is -0.316. The number of hydrogen-bond donors (Lipinski definition) is 1. The molecule has 0 radical (unpaired) electrons. The Morgan fingerprint density at radius 3 is 2.61 bits per heavy atom. The summed E-state index contributed by atoms with van der Waals surface area (Å²) < 4.78 is 25.0. The minimum Gasteiger partial charge on any atom is -0.467 e. The van der Waals surface area contributed by atoms with E-state index in [0.717, 1.165) is 10.9 Å². The average Bonchev–Trinajstić information content (AvgIpc) is 3.55. The second-order valence-electron chi connectivity index (χ2n) is 9.07. The number of carbonyl (C=O) groups is 2. The number of aromatic nitrogens is 4. The molecule has 0 saturated carbocycles. The van der Waals surface area contributed by atoms with Crippen LogP contribution in [0.4, 0.5) is 10.1 Å². The quantitative estimate of drug-likeness (QED) is 0.390. The molecule has 1 aromatic carbocycles. The smallest absolute Gasteiger partial charge is 0.251 e. The van der Waals surface area contributed by atoms with Crippen LogP contribution in [0.3, 0.4) is 0 Å². The van der Waals surface area contributed by atoms with Crippen molar-refractivity contribution in [3.8, 4) is 11.6 Å². The predicted octanol–water partition coefficient (Wildman–Crippen LogP) is 4.32. The van der Waals surface area contributed by atoms with Gasteiger partial charge in [0.2, 0.25) is 5.82 Å². The Hall–Kier alpha value is -3.99. The topological polar surface area (TPSA) is 119 Å². The van der Waals surface area contributed by atoms with Gasteiger partial charge in [-0.15, -0.1) is 10.2 Å². The van der Waals surface area contributed by atoms with E-state index in [1.54, 1.807) is 31.2 Å². The van der Waals surface area contributed by atoms with E-state index in [1.807, 2.05) is 20.8 Å². The van der Waals surface area contributed by atoms with Crippen molar-refractivity contribution >= 4 is 29.1 Å². The van der Waals surface area contributed by atoms with Crippen molar-refractivity contribution in [2.45, 2.75) is 45.8 Å². The molecule has 2 amide bonds. The highest BCUT2D eigenvalue weighted by Gasteiger charge is 2.37. The fraction of sp³-hybridized carbons (Fsp3) is 0.292. The van der Waals surface area contributed by atoms with Crippen LogP contribution in [0.25, 0.3) is 11.6 Å². The number of benzene rings is 1. The van der Waals surface area contributed by atoms with Crippen LogP contribution in [0.2, 0.25) is 5.02 Å². The van der Waals surface area contributed by atoms with E-state index in [2.05, 4.69) is 20.7 Å². The Bertz CT molecular complexity index is 1380. The summed E-state index contributed by atoms with van der Waals surface area (Å²) in [6.45, 7) is 6.81. The maximum atomic E-state index is 14.0. The zero-order valence-corrected chi connectivity index (χ0v) is 20.8. The number of aryl methyl sites for hydroxylation is 1. The molecule has 1 N–H and O–H groups in total. The van der Waals surface area contributed by atoms with Crippen molar-refractivity contribution in [1.82, 2.24) is 25.5 Å². The van der Waals surface area contributed by atoms with Crippen LogP contribution >= 0.6 is 11.6 Å². The lowest BCUT2D eigenvalue weighted by Crippen LogP contribution is -2.50. The molecule has 1 atom stereocenters. The number of tetrazole rings is 1. The molecule has 0 unspecified atom stereocenters. The number of carbonyl (C=O) groups excluding carboxylic acids is 2. The second kappa shape index (κ2) is 9.94. The number of amides is 2. The molecular weight excluding hydrogens is 491 g/mol. The standard InChI is InChI=1S/C24H24ClFN6O4/c1-14-7-10-19(36-14)22-28-30-31(29-22)13-20(33)32(15-8-9-17(26)16(25)12-15)21(18-6-5-11-35-18)23(34)27-24(2,3)4/h5-12,21H,13H2,1-4H3,(H,27,34)/t21-/m0/s1. The van der Waals surface area contributed by atoms with Crippen molar-refractivity contribution in [3.05, 3.63) is 71.1 Å². The van der Waals surface area contributed by atoms with Crippen LogP contribution < -0.4 is 10.2 Å². The van der Waals surface area contributed by atoms with Gasteiger partial charge in [-0.1, -0.05) is 11.6 Å². The van der Waals surface area contributed by atoms with Gasteiger partial charge in [0.25, 0.3) is 11.8 Å². The monoisotopic (exact) mass is 514 g/mol. The first kappa shape index (κ1) is 25.1. The van der Waals surface area contributed by atoms with Crippen molar-refractivity contribution in [2.75, 3.05) is 4.90 Å². The SMILES string of the molecule is Cc1ccc(-c2nnn(CC(=O)N(c3ccc(F)c(Cl)c3)[C@H](C(=O)NC(C)(C)C)c3ccco3)n2)o1. The number of nitrogens with zero attached hydrogens (tertiary/aromatic N) is 5. The molecule has 0 saturated heterocycles. The molecule has 0 aliphatic rings. The van der Waals surface area contributed by atoms with E-state index in [4.69, 9.17) is 20.4 Å². The van der Waals surface area contributed by atoms with Gasteiger partial charge in [-0.05, 0) is 75.4 Å². The van der Waals surface area contributed by atoms with Gasteiger partial charge in [-0.2, -0.15) is 4.80 Å². The van der Waals surface area contributed by atoms with Gasteiger partial charge >= 0.3 is 0 Å². The van der Waals surface area contributed by atoms with E-state index in [9.17, 15) is 14.0 Å². The van der Waals surface area contributed by atoms with E-state index in [0.29, 0.717) is 11.5 Å². The summed E-state index contributed by atoms with van der Waals surface area (Å²) >= 11 is 6.02. The first-order valence-corrected chi connectivity index (χ1v) is 11.4. The lowest BCUT2D eigenvalue weighted by Gasteiger charge is -2.32. The molecule has 10 nitrogen and oxygen atoms in total. The van der Waals surface area contributed by atoms with Crippen LogP contribution in [0.5, 0.6) is 0 Å². The van der Waals surface area contributed by atoms with Crippen molar-refractivity contribution < 1.29 is 22.8 Å². The minimum absolute atomic E-state index is 0.179. The van der Waals surface area contributed by atoms with Crippen LogP contribution in [0.15, 0.2) is 57.6 Å². The van der Waals surface area contributed by atoms with Gasteiger partial charge in [0.15, 0.2) is 11.8 Å². The summed E-state index contributed by atoms with van der Waals surface area (Å²) in [5, 5.41) is 14.7. The fourth-order valence-corrected chi connectivity index (χ4v) is 3.67. The van der Waals surface area contributed by atoms with Crippen LogP contribution in [0, 0.1) is 12.7 Å². The van der Waals surface area contributed by atoms with Gasteiger partial charge in [-0.25, -0.2) is 4.39 Å². The maximum absolute atomic E-state index is 14.0. The highest BCUT2D eigenvalue weighted by molar-refractivity contribution is 6.31. The first-order valence-electron chi connectivity index (χ1n) is 11.0. The lowest BCUT2D eigenvalue weighted by atomic mass is 10.1. The number of hydrogen-bond acceptors (Lipinski definition) is 7. The average molecular weight is 515 g/mol. The normalized spacial score (nSPS) is 12.4. The third kappa shape index (κ3) is 5.62. The molecule has 4 rings (SSSR count). The van der Waals surface area contributed by atoms with Gasteiger partial charge in [0.1, 0.15) is 23.9 Å². The Morgan fingerprint density at radius 2 is 2.00 bits per heavy atom. The molecule has 0 fully saturated rings. The molecule has 0 bridgehead atoms. The van der Waals surface area contributed by atoms with E-state index in [1.165, 1.54) is 23.3 Å². The number of nitrogens with one attached hydrogen (secondary N) is 1.